The van der Waals surface area contributed by atoms with Crippen LogP contribution < -0.4 is 21.1 Å². The summed E-state index contributed by atoms with van der Waals surface area (Å²) in [5.41, 5.74) is 5.05. The highest BCUT2D eigenvalue weighted by Gasteiger charge is 2.29. The molecule has 0 saturated heterocycles. The number of nitrogens with one attached hydrogen (secondary N) is 2. The summed E-state index contributed by atoms with van der Waals surface area (Å²) in [6, 6.07) is 3.80. The van der Waals surface area contributed by atoms with Crippen LogP contribution in [0.4, 0.5) is 18.9 Å². The summed E-state index contributed by atoms with van der Waals surface area (Å²) in [4.78, 5) is 22.5. The Hall–Kier alpha value is -2.00. The molecule has 0 aromatic heterocycles. The van der Waals surface area contributed by atoms with Crippen LogP contribution >= 0.6 is 11.6 Å². The number of halogens is 4. The zero-order chi connectivity index (χ0) is 16.8. The van der Waals surface area contributed by atoms with Gasteiger partial charge >= 0.3 is 6.18 Å². The number of alkyl halides is 3. The van der Waals surface area contributed by atoms with Gasteiger partial charge in [-0.2, -0.15) is 13.2 Å². The fraction of sp³-hybridized carbons (Fsp3) is 0.333. The van der Waals surface area contributed by atoms with Gasteiger partial charge in [-0.15, -0.1) is 0 Å². The molecule has 10 heteroatoms. The predicted molar refractivity (Wildman–Crippen MR) is 73.7 cm³/mol. The molecule has 0 aliphatic heterocycles. The molecule has 1 aromatic rings. The molecule has 22 heavy (non-hydrogen) atoms. The summed E-state index contributed by atoms with van der Waals surface area (Å²) < 4.78 is 41.1. The second-order valence-corrected chi connectivity index (χ2v) is 4.51. The van der Waals surface area contributed by atoms with Crippen molar-refractivity contribution in [3.05, 3.63) is 23.2 Å². The van der Waals surface area contributed by atoms with Crippen molar-refractivity contribution in [2.75, 3.05) is 25.0 Å². The van der Waals surface area contributed by atoms with Crippen LogP contribution in [0.15, 0.2) is 18.2 Å². The lowest BCUT2D eigenvalue weighted by Gasteiger charge is -2.14. The first-order valence-corrected chi connectivity index (χ1v) is 6.35. The number of ether oxygens (including phenoxy) is 1. The van der Waals surface area contributed by atoms with Crippen LogP contribution in [0.5, 0.6) is 5.75 Å². The highest BCUT2D eigenvalue weighted by Crippen LogP contribution is 2.29. The van der Waals surface area contributed by atoms with Crippen molar-refractivity contribution in [1.82, 2.24) is 5.32 Å². The van der Waals surface area contributed by atoms with Gasteiger partial charge in [-0.25, -0.2) is 0 Å². The lowest BCUT2D eigenvalue weighted by atomic mass is 10.3. The second kappa shape index (κ2) is 7.85. The molecule has 0 aliphatic carbocycles. The summed E-state index contributed by atoms with van der Waals surface area (Å²) in [6.07, 6.45) is -4.53. The highest BCUT2D eigenvalue weighted by molar-refractivity contribution is 6.30. The fourth-order valence-electron chi connectivity index (χ4n) is 1.32. The Bertz CT molecular complexity index is 552. The van der Waals surface area contributed by atoms with Crippen molar-refractivity contribution in [2.24, 2.45) is 5.73 Å². The predicted octanol–water partition coefficient (Wildman–Crippen LogP) is 1.29. The normalized spacial score (nSPS) is 11.0. The third-order valence-electron chi connectivity index (χ3n) is 2.24. The van der Waals surface area contributed by atoms with E-state index < -0.39 is 24.6 Å². The maximum absolute atomic E-state index is 12.2. The number of nitrogens with two attached hydrogens (primary N) is 1. The van der Waals surface area contributed by atoms with Gasteiger partial charge in [-0.05, 0) is 12.1 Å². The first kappa shape index (κ1) is 18.1. The molecule has 122 valence electrons. The number of carbonyl (C=O) groups excluding carboxylic acids is 2. The molecule has 0 saturated carbocycles. The lowest BCUT2D eigenvalue weighted by Crippen LogP contribution is -2.36. The van der Waals surface area contributed by atoms with E-state index in [2.05, 4.69) is 15.4 Å². The summed E-state index contributed by atoms with van der Waals surface area (Å²) in [5.74, 6) is -1.43. The number of hydrogen-bond acceptors (Lipinski definition) is 4. The van der Waals surface area contributed by atoms with Crippen LogP contribution in [0, 0.1) is 0 Å². The summed E-state index contributed by atoms with van der Waals surface area (Å²) in [5, 5.41) is 4.67. The van der Waals surface area contributed by atoms with E-state index in [0.717, 1.165) is 6.07 Å². The molecule has 0 heterocycles. The third-order valence-corrected chi connectivity index (χ3v) is 2.48. The van der Waals surface area contributed by atoms with E-state index in [1.165, 1.54) is 12.1 Å². The van der Waals surface area contributed by atoms with E-state index in [1.807, 2.05) is 0 Å². The first-order chi connectivity index (χ1) is 10.2. The van der Waals surface area contributed by atoms with Crippen molar-refractivity contribution in [3.63, 3.8) is 0 Å². The van der Waals surface area contributed by atoms with Crippen LogP contribution in [0.3, 0.4) is 0 Å². The number of rotatable bonds is 6. The fourth-order valence-corrected chi connectivity index (χ4v) is 1.49. The average molecular weight is 340 g/mol. The molecule has 1 aromatic carbocycles. The quantitative estimate of drug-likeness (QED) is 0.728. The van der Waals surface area contributed by atoms with E-state index in [0.29, 0.717) is 0 Å². The second-order valence-electron chi connectivity index (χ2n) is 4.07. The maximum atomic E-state index is 12.2. The van der Waals surface area contributed by atoms with Crippen molar-refractivity contribution in [3.8, 4) is 5.75 Å². The van der Waals surface area contributed by atoms with Crippen LogP contribution in [-0.4, -0.2) is 37.7 Å². The molecule has 2 amide bonds. The van der Waals surface area contributed by atoms with E-state index >= 15 is 0 Å². The van der Waals surface area contributed by atoms with Crippen molar-refractivity contribution < 1.29 is 27.5 Å². The van der Waals surface area contributed by atoms with Gasteiger partial charge in [0.2, 0.25) is 11.8 Å². The Morgan fingerprint density at radius 1 is 1.27 bits per heavy atom. The minimum atomic E-state index is -4.53. The summed E-state index contributed by atoms with van der Waals surface area (Å²) >= 11 is 5.68. The molecular weight excluding hydrogens is 327 g/mol. The van der Waals surface area contributed by atoms with Crippen LogP contribution in [0.2, 0.25) is 5.02 Å². The average Bonchev–Trinajstić information content (AvgIpc) is 2.44. The molecule has 0 unspecified atom stereocenters. The zero-order valence-electron chi connectivity index (χ0n) is 11.2. The largest absolute Gasteiger partial charge is 0.482 e. The van der Waals surface area contributed by atoms with Gasteiger partial charge in [0.15, 0.2) is 6.61 Å². The highest BCUT2D eigenvalue weighted by atomic mass is 35.5. The first-order valence-electron chi connectivity index (χ1n) is 5.97. The standard InChI is InChI=1S/C12H13ClF3N3O3/c13-7-1-2-8(9(3-7)22-6-12(14,15)16)19-11(21)5-18-10(20)4-17/h1-3H,4-6,17H2,(H,18,20)(H,19,21). The summed E-state index contributed by atoms with van der Waals surface area (Å²) in [6.45, 7) is -2.19. The smallest absolute Gasteiger partial charge is 0.422 e. The molecule has 0 radical (unpaired) electrons. The Kier molecular flexibility index (Phi) is 6.44. The third kappa shape index (κ3) is 6.64. The van der Waals surface area contributed by atoms with Crippen molar-refractivity contribution >= 4 is 29.1 Å². The minimum Gasteiger partial charge on any atom is -0.482 e. The Morgan fingerprint density at radius 3 is 2.55 bits per heavy atom. The number of hydrogen-bond donors (Lipinski definition) is 3. The Morgan fingerprint density at radius 2 is 1.95 bits per heavy atom. The van der Waals surface area contributed by atoms with Gasteiger partial charge in [0, 0.05) is 11.1 Å². The lowest BCUT2D eigenvalue weighted by molar-refractivity contribution is -0.153. The number of benzene rings is 1. The minimum absolute atomic E-state index is 0.000599. The SMILES string of the molecule is NCC(=O)NCC(=O)Nc1ccc(Cl)cc1OCC(F)(F)F. The number of amides is 2. The number of anilines is 1. The molecule has 1 rings (SSSR count). The Labute approximate surface area is 128 Å². The van der Waals surface area contributed by atoms with Gasteiger partial charge in [-0.3, -0.25) is 9.59 Å². The summed E-state index contributed by atoms with van der Waals surface area (Å²) in [7, 11) is 0. The topological polar surface area (TPSA) is 93.5 Å². The van der Waals surface area contributed by atoms with Crippen LogP contribution in [-0.2, 0) is 9.59 Å². The van der Waals surface area contributed by atoms with E-state index in [-0.39, 0.29) is 29.5 Å². The van der Waals surface area contributed by atoms with Gasteiger partial charge in [0.05, 0.1) is 18.8 Å². The maximum Gasteiger partial charge on any atom is 0.422 e. The van der Waals surface area contributed by atoms with Crippen LogP contribution in [0.25, 0.3) is 0 Å². The molecule has 6 nitrogen and oxygen atoms in total. The molecule has 0 spiro atoms. The van der Waals surface area contributed by atoms with Crippen LogP contribution in [0.1, 0.15) is 0 Å². The molecule has 4 N–H and O–H groups in total. The van der Waals surface area contributed by atoms with E-state index in [9.17, 15) is 22.8 Å². The molecule has 0 fully saturated rings. The van der Waals surface area contributed by atoms with E-state index in [4.69, 9.17) is 17.3 Å². The van der Waals surface area contributed by atoms with Crippen molar-refractivity contribution in [1.29, 1.82) is 0 Å². The van der Waals surface area contributed by atoms with Gasteiger partial charge in [0.25, 0.3) is 0 Å². The van der Waals surface area contributed by atoms with E-state index in [1.54, 1.807) is 0 Å². The van der Waals surface area contributed by atoms with Gasteiger partial charge < -0.3 is 21.1 Å². The number of carbonyl (C=O) groups is 2. The molecule has 0 aliphatic rings. The monoisotopic (exact) mass is 339 g/mol. The van der Waals surface area contributed by atoms with Gasteiger partial charge in [-0.1, -0.05) is 11.6 Å². The Balaban J connectivity index is 2.72. The van der Waals surface area contributed by atoms with Crippen molar-refractivity contribution in [2.45, 2.75) is 6.18 Å². The molecule has 0 atom stereocenters. The molecular formula is C12H13ClF3N3O3. The zero-order valence-corrected chi connectivity index (χ0v) is 11.9. The molecule has 0 bridgehead atoms. The van der Waals surface area contributed by atoms with Gasteiger partial charge in [0.1, 0.15) is 5.75 Å².